The van der Waals surface area contributed by atoms with Crippen molar-refractivity contribution in [1.29, 1.82) is 0 Å². The zero-order valence-corrected chi connectivity index (χ0v) is 13.7. The Morgan fingerprint density at radius 1 is 1.29 bits per heavy atom. The van der Waals surface area contributed by atoms with Gasteiger partial charge < -0.3 is 14.6 Å². The number of ether oxygens (including phenoxy) is 1. The fraction of sp³-hybridized carbons (Fsp3) is 0.176. The summed E-state index contributed by atoms with van der Waals surface area (Å²) in [5.74, 6) is -0.272. The van der Waals surface area contributed by atoms with Gasteiger partial charge in [0.25, 0.3) is 5.91 Å². The number of carbonyl (C=O) groups excluding carboxylic acids is 1. The van der Waals surface area contributed by atoms with Crippen molar-refractivity contribution in [1.82, 2.24) is 10.5 Å². The molecule has 0 saturated heterocycles. The number of amides is 1. The third-order valence-corrected chi connectivity index (χ3v) is 4.10. The monoisotopic (exact) mass is 346 g/mol. The molecule has 0 atom stereocenters. The van der Waals surface area contributed by atoms with E-state index in [1.807, 2.05) is 16.8 Å². The van der Waals surface area contributed by atoms with Gasteiger partial charge in [0.05, 0.1) is 6.61 Å². The minimum absolute atomic E-state index is 0.311. The first-order chi connectivity index (χ1) is 11.7. The Kier molecular flexibility index (Phi) is 5.02. The van der Waals surface area contributed by atoms with Crippen molar-refractivity contribution in [3.05, 3.63) is 52.5 Å². The minimum atomic E-state index is -0.355. The summed E-state index contributed by atoms with van der Waals surface area (Å²) in [5.41, 5.74) is 2.10. The van der Waals surface area contributed by atoms with Crippen LogP contribution in [0.3, 0.4) is 0 Å². The largest absolute Gasteiger partial charge is 0.383 e. The first-order valence-corrected chi connectivity index (χ1v) is 8.20. The van der Waals surface area contributed by atoms with Crippen LogP contribution in [0.5, 0.6) is 0 Å². The van der Waals surface area contributed by atoms with Crippen LogP contribution in [0.25, 0.3) is 22.6 Å². The maximum absolute atomic E-state index is 13.2. The predicted molar refractivity (Wildman–Crippen MR) is 89.4 cm³/mol. The molecule has 0 fully saturated rings. The molecule has 5 nitrogen and oxygen atoms in total. The molecular weight excluding hydrogens is 331 g/mol. The van der Waals surface area contributed by atoms with Gasteiger partial charge in [-0.2, -0.15) is 11.3 Å². The second kappa shape index (κ2) is 7.37. The van der Waals surface area contributed by atoms with Crippen molar-refractivity contribution >= 4 is 17.2 Å². The number of hydrogen-bond donors (Lipinski definition) is 1. The van der Waals surface area contributed by atoms with Gasteiger partial charge in [0, 0.05) is 30.2 Å². The van der Waals surface area contributed by atoms with E-state index in [1.165, 1.54) is 23.5 Å². The Labute approximate surface area is 142 Å². The van der Waals surface area contributed by atoms with Gasteiger partial charge >= 0.3 is 0 Å². The van der Waals surface area contributed by atoms with Crippen LogP contribution in [0, 0.1) is 5.82 Å². The molecule has 24 heavy (non-hydrogen) atoms. The molecule has 0 aliphatic carbocycles. The number of halogens is 1. The summed E-state index contributed by atoms with van der Waals surface area (Å²) in [5, 5.41) is 10.6. The molecule has 0 aliphatic heterocycles. The summed E-state index contributed by atoms with van der Waals surface area (Å²) >= 11 is 1.49. The van der Waals surface area contributed by atoms with Gasteiger partial charge in [0.2, 0.25) is 0 Å². The second-order valence-corrected chi connectivity index (χ2v) is 5.78. The lowest BCUT2D eigenvalue weighted by molar-refractivity contribution is 0.0938. The number of benzene rings is 1. The lowest BCUT2D eigenvalue weighted by Crippen LogP contribution is -2.27. The van der Waals surface area contributed by atoms with E-state index in [4.69, 9.17) is 9.26 Å². The van der Waals surface area contributed by atoms with E-state index in [1.54, 1.807) is 19.2 Å². The molecule has 124 valence electrons. The Balaban J connectivity index is 2.02. The van der Waals surface area contributed by atoms with Crippen LogP contribution in [0.4, 0.5) is 4.39 Å². The summed E-state index contributed by atoms with van der Waals surface area (Å²) < 4.78 is 23.5. The Morgan fingerprint density at radius 3 is 2.75 bits per heavy atom. The van der Waals surface area contributed by atoms with Crippen LogP contribution in [0.2, 0.25) is 0 Å². The minimum Gasteiger partial charge on any atom is -0.383 e. The number of aromatic nitrogens is 1. The van der Waals surface area contributed by atoms with Crippen molar-refractivity contribution in [2.75, 3.05) is 20.3 Å². The molecule has 7 heteroatoms. The van der Waals surface area contributed by atoms with E-state index in [9.17, 15) is 9.18 Å². The highest BCUT2D eigenvalue weighted by Crippen LogP contribution is 2.33. The topological polar surface area (TPSA) is 64.4 Å². The van der Waals surface area contributed by atoms with Gasteiger partial charge in [-0.25, -0.2) is 4.39 Å². The van der Waals surface area contributed by atoms with Crippen LogP contribution in [0.15, 0.2) is 45.6 Å². The first-order valence-electron chi connectivity index (χ1n) is 7.26. The van der Waals surface area contributed by atoms with Gasteiger partial charge in [-0.3, -0.25) is 4.79 Å². The number of rotatable bonds is 6. The standard InChI is InChI=1S/C17H15FN2O3S/c1-22-8-7-19-17(21)14-15(11-2-4-13(18)5-3-11)20-23-16(14)12-6-9-24-10-12/h2-6,9-10H,7-8H2,1H3,(H,19,21). The zero-order chi connectivity index (χ0) is 16.9. The zero-order valence-electron chi connectivity index (χ0n) is 12.9. The molecule has 1 aromatic carbocycles. The van der Waals surface area contributed by atoms with Gasteiger partial charge in [0.15, 0.2) is 5.76 Å². The SMILES string of the molecule is COCCNC(=O)c1c(-c2ccc(F)cc2)noc1-c1ccsc1. The molecule has 1 amide bonds. The van der Waals surface area contributed by atoms with E-state index in [2.05, 4.69) is 10.5 Å². The number of nitrogens with one attached hydrogen (secondary N) is 1. The Bertz CT molecular complexity index is 813. The van der Waals surface area contributed by atoms with E-state index in [0.717, 1.165) is 5.56 Å². The van der Waals surface area contributed by atoms with E-state index in [-0.39, 0.29) is 11.7 Å². The quantitative estimate of drug-likeness (QED) is 0.693. The fourth-order valence-corrected chi connectivity index (χ4v) is 2.89. The van der Waals surface area contributed by atoms with E-state index in [0.29, 0.717) is 35.7 Å². The average molecular weight is 346 g/mol. The molecule has 0 spiro atoms. The number of carbonyl (C=O) groups is 1. The summed E-state index contributed by atoms with van der Waals surface area (Å²) in [4.78, 5) is 12.6. The van der Waals surface area contributed by atoms with E-state index < -0.39 is 0 Å². The molecule has 0 radical (unpaired) electrons. The van der Waals surface area contributed by atoms with Crippen LogP contribution in [0.1, 0.15) is 10.4 Å². The Morgan fingerprint density at radius 2 is 2.08 bits per heavy atom. The lowest BCUT2D eigenvalue weighted by Gasteiger charge is -2.06. The van der Waals surface area contributed by atoms with E-state index >= 15 is 0 Å². The smallest absolute Gasteiger partial charge is 0.257 e. The maximum atomic E-state index is 13.2. The van der Waals surface area contributed by atoms with Crippen molar-refractivity contribution in [2.45, 2.75) is 0 Å². The average Bonchev–Trinajstić information content (AvgIpc) is 3.25. The number of hydrogen-bond acceptors (Lipinski definition) is 5. The van der Waals surface area contributed by atoms with Gasteiger partial charge in [-0.1, -0.05) is 5.16 Å². The maximum Gasteiger partial charge on any atom is 0.257 e. The summed E-state index contributed by atoms with van der Waals surface area (Å²) in [6.45, 7) is 0.767. The highest BCUT2D eigenvalue weighted by Gasteiger charge is 2.25. The van der Waals surface area contributed by atoms with Crippen molar-refractivity contribution in [3.8, 4) is 22.6 Å². The predicted octanol–water partition coefficient (Wildman–Crippen LogP) is 3.59. The van der Waals surface area contributed by atoms with Crippen LogP contribution < -0.4 is 5.32 Å². The number of thiophene rings is 1. The van der Waals surface area contributed by atoms with Gasteiger partial charge in [-0.15, -0.1) is 0 Å². The number of nitrogens with zero attached hydrogens (tertiary/aromatic N) is 1. The molecule has 3 aromatic rings. The fourth-order valence-electron chi connectivity index (χ4n) is 2.25. The van der Waals surface area contributed by atoms with Crippen molar-refractivity contribution in [2.24, 2.45) is 0 Å². The molecule has 2 aromatic heterocycles. The lowest BCUT2D eigenvalue weighted by atomic mass is 10.0. The van der Waals surface area contributed by atoms with Gasteiger partial charge in [0.1, 0.15) is 17.1 Å². The van der Waals surface area contributed by atoms with Crippen molar-refractivity contribution in [3.63, 3.8) is 0 Å². The third-order valence-electron chi connectivity index (χ3n) is 3.41. The third kappa shape index (κ3) is 3.37. The normalized spacial score (nSPS) is 10.8. The molecule has 3 rings (SSSR count). The van der Waals surface area contributed by atoms with Crippen molar-refractivity contribution < 1.29 is 18.4 Å². The van der Waals surface area contributed by atoms with Gasteiger partial charge in [-0.05, 0) is 35.7 Å². The molecule has 0 aliphatic rings. The molecule has 0 saturated carbocycles. The summed E-state index contributed by atoms with van der Waals surface area (Å²) in [7, 11) is 1.56. The molecule has 0 unspecified atom stereocenters. The molecular formula is C17H15FN2O3S. The van der Waals surface area contributed by atoms with Crippen LogP contribution in [-0.2, 0) is 4.74 Å². The number of methoxy groups -OCH3 is 1. The Hall–Kier alpha value is -2.51. The molecule has 0 bridgehead atoms. The summed E-state index contributed by atoms with van der Waals surface area (Å²) in [6.07, 6.45) is 0. The first kappa shape index (κ1) is 16.4. The highest BCUT2D eigenvalue weighted by molar-refractivity contribution is 7.08. The molecule has 1 N–H and O–H groups in total. The second-order valence-electron chi connectivity index (χ2n) is 5.00. The highest BCUT2D eigenvalue weighted by atomic mass is 32.1. The van der Waals surface area contributed by atoms with Crippen LogP contribution in [-0.4, -0.2) is 31.3 Å². The molecule has 2 heterocycles. The van der Waals surface area contributed by atoms with Crippen LogP contribution >= 0.6 is 11.3 Å². The summed E-state index contributed by atoms with van der Waals surface area (Å²) in [6, 6.07) is 7.63.